The molecular formula is C22H25FN4O. The fourth-order valence-corrected chi connectivity index (χ4v) is 3.83. The third-order valence-electron chi connectivity index (χ3n) is 5.35. The molecule has 4 rings (SSSR count). The SMILES string of the molecule is O=C(CCc1ccccc1)N1CCN=C1N1CCN(c2ccccc2F)CC1. The molecule has 0 saturated carbocycles. The maximum atomic E-state index is 14.0. The summed E-state index contributed by atoms with van der Waals surface area (Å²) in [6.45, 7) is 4.19. The molecule has 146 valence electrons. The third kappa shape index (κ3) is 4.01. The van der Waals surface area contributed by atoms with E-state index in [9.17, 15) is 9.18 Å². The molecule has 0 unspecified atom stereocenters. The van der Waals surface area contributed by atoms with Crippen LogP contribution in [0.3, 0.4) is 0 Å². The van der Waals surface area contributed by atoms with Crippen LogP contribution in [0.4, 0.5) is 10.1 Å². The van der Waals surface area contributed by atoms with Crippen molar-refractivity contribution in [1.82, 2.24) is 9.80 Å². The summed E-state index contributed by atoms with van der Waals surface area (Å²) in [5, 5.41) is 0. The van der Waals surface area contributed by atoms with Crippen molar-refractivity contribution in [3.05, 3.63) is 66.0 Å². The number of para-hydroxylation sites is 1. The fourth-order valence-electron chi connectivity index (χ4n) is 3.83. The first-order valence-corrected chi connectivity index (χ1v) is 9.85. The molecule has 5 nitrogen and oxygen atoms in total. The van der Waals surface area contributed by atoms with Gasteiger partial charge in [-0.05, 0) is 24.1 Å². The molecule has 6 heteroatoms. The normalized spacial score (nSPS) is 17.0. The van der Waals surface area contributed by atoms with Gasteiger partial charge in [0.2, 0.25) is 11.9 Å². The molecule has 0 aromatic heterocycles. The van der Waals surface area contributed by atoms with Crippen LogP contribution in [0.2, 0.25) is 0 Å². The van der Waals surface area contributed by atoms with Crippen LogP contribution in [-0.2, 0) is 11.2 Å². The predicted molar refractivity (Wildman–Crippen MR) is 109 cm³/mol. The molecule has 2 aliphatic heterocycles. The van der Waals surface area contributed by atoms with Gasteiger partial charge in [-0.25, -0.2) is 4.39 Å². The number of aryl methyl sites for hydroxylation is 1. The van der Waals surface area contributed by atoms with Crippen molar-refractivity contribution < 1.29 is 9.18 Å². The quantitative estimate of drug-likeness (QED) is 0.819. The van der Waals surface area contributed by atoms with Gasteiger partial charge in [0.25, 0.3) is 0 Å². The van der Waals surface area contributed by atoms with Crippen molar-refractivity contribution in [3.8, 4) is 0 Å². The first-order valence-electron chi connectivity index (χ1n) is 9.85. The summed E-state index contributed by atoms with van der Waals surface area (Å²) in [5.41, 5.74) is 1.82. The molecule has 2 heterocycles. The highest BCUT2D eigenvalue weighted by Gasteiger charge is 2.30. The van der Waals surface area contributed by atoms with Gasteiger partial charge in [-0.2, -0.15) is 0 Å². The number of hydrogen-bond donors (Lipinski definition) is 0. The van der Waals surface area contributed by atoms with Crippen LogP contribution in [0.25, 0.3) is 0 Å². The van der Waals surface area contributed by atoms with Crippen LogP contribution in [-0.4, -0.2) is 60.9 Å². The molecule has 0 radical (unpaired) electrons. The molecule has 1 saturated heterocycles. The van der Waals surface area contributed by atoms with Gasteiger partial charge in [0.1, 0.15) is 5.82 Å². The molecule has 1 amide bonds. The van der Waals surface area contributed by atoms with Crippen molar-refractivity contribution in [2.45, 2.75) is 12.8 Å². The number of guanidine groups is 1. The molecule has 1 fully saturated rings. The molecule has 2 aliphatic rings. The molecule has 0 spiro atoms. The maximum absolute atomic E-state index is 14.0. The largest absolute Gasteiger partial charge is 0.366 e. The van der Waals surface area contributed by atoms with Crippen molar-refractivity contribution in [3.63, 3.8) is 0 Å². The van der Waals surface area contributed by atoms with Gasteiger partial charge in [0, 0.05) is 39.1 Å². The zero-order valence-corrected chi connectivity index (χ0v) is 15.9. The number of carbonyl (C=O) groups excluding carboxylic acids is 1. The average Bonchev–Trinajstić information content (AvgIpc) is 3.23. The van der Waals surface area contributed by atoms with Crippen LogP contribution >= 0.6 is 0 Å². The Hall–Kier alpha value is -2.89. The molecule has 2 aromatic carbocycles. The Morgan fingerprint density at radius 2 is 1.57 bits per heavy atom. The lowest BCUT2D eigenvalue weighted by atomic mass is 10.1. The van der Waals surface area contributed by atoms with Gasteiger partial charge in [-0.1, -0.05) is 42.5 Å². The molecule has 0 bridgehead atoms. The second-order valence-electron chi connectivity index (χ2n) is 7.14. The Balaban J connectivity index is 1.34. The molecule has 0 N–H and O–H groups in total. The van der Waals surface area contributed by atoms with Crippen molar-refractivity contribution in [1.29, 1.82) is 0 Å². The summed E-state index contributed by atoms with van der Waals surface area (Å²) in [7, 11) is 0. The second-order valence-corrected chi connectivity index (χ2v) is 7.14. The molecule has 2 aromatic rings. The highest BCUT2D eigenvalue weighted by molar-refractivity contribution is 5.98. The number of amides is 1. The first kappa shape index (κ1) is 18.5. The zero-order valence-electron chi connectivity index (χ0n) is 15.9. The van der Waals surface area contributed by atoms with Gasteiger partial charge in [-0.3, -0.25) is 14.7 Å². The number of nitrogens with zero attached hydrogens (tertiary/aromatic N) is 4. The van der Waals surface area contributed by atoms with E-state index in [1.807, 2.05) is 47.4 Å². The van der Waals surface area contributed by atoms with Crippen LogP contribution < -0.4 is 4.90 Å². The highest BCUT2D eigenvalue weighted by Crippen LogP contribution is 2.21. The monoisotopic (exact) mass is 380 g/mol. The van der Waals surface area contributed by atoms with E-state index < -0.39 is 0 Å². The van der Waals surface area contributed by atoms with E-state index in [0.717, 1.165) is 25.5 Å². The number of carbonyl (C=O) groups is 1. The van der Waals surface area contributed by atoms with E-state index in [0.29, 0.717) is 38.3 Å². The standard InChI is InChI=1S/C22H25FN4O/c23-19-8-4-5-9-20(19)25-14-16-26(17-15-25)22-24-12-13-27(22)21(28)11-10-18-6-2-1-3-7-18/h1-9H,10-17H2. The molecule has 28 heavy (non-hydrogen) atoms. The lowest BCUT2D eigenvalue weighted by Crippen LogP contribution is -2.53. The predicted octanol–water partition coefficient (Wildman–Crippen LogP) is 2.78. The minimum Gasteiger partial charge on any atom is -0.366 e. The molecule has 0 atom stereocenters. The van der Waals surface area contributed by atoms with Gasteiger partial charge in [-0.15, -0.1) is 0 Å². The number of aliphatic imine (C=N–C) groups is 1. The Kier molecular flexibility index (Phi) is 5.55. The Labute approximate surface area is 165 Å². The van der Waals surface area contributed by atoms with E-state index in [1.165, 1.54) is 11.6 Å². The number of hydrogen-bond acceptors (Lipinski definition) is 4. The Bertz CT molecular complexity index is 847. The number of piperazine rings is 1. The van der Waals surface area contributed by atoms with Crippen LogP contribution in [0, 0.1) is 5.82 Å². The Morgan fingerprint density at radius 1 is 0.893 bits per heavy atom. The maximum Gasteiger partial charge on any atom is 0.229 e. The summed E-state index contributed by atoms with van der Waals surface area (Å²) < 4.78 is 14.0. The fraction of sp³-hybridized carbons (Fsp3) is 0.364. The second kappa shape index (κ2) is 8.42. The van der Waals surface area contributed by atoms with Crippen molar-refractivity contribution in [2.24, 2.45) is 4.99 Å². The highest BCUT2D eigenvalue weighted by atomic mass is 19.1. The van der Waals surface area contributed by atoms with Gasteiger partial charge < -0.3 is 9.80 Å². The number of halogens is 1. The zero-order chi connectivity index (χ0) is 19.3. The van der Waals surface area contributed by atoms with E-state index in [4.69, 9.17) is 0 Å². The van der Waals surface area contributed by atoms with Crippen molar-refractivity contribution >= 4 is 17.6 Å². The molecular weight excluding hydrogens is 355 g/mol. The summed E-state index contributed by atoms with van der Waals surface area (Å²) in [4.78, 5) is 23.4. The van der Waals surface area contributed by atoms with Gasteiger partial charge >= 0.3 is 0 Å². The number of anilines is 1. The van der Waals surface area contributed by atoms with E-state index in [1.54, 1.807) is 6.07 Å². The Morgan fingerprint density at radius 3 is 2.32 bits per heavy atom. The average molecular weight is 380 g/mol. The lowest BCUT2D eigenvalue weighted by Gasteiger charge is -2.38. The van der Waals surface area contributed by atoms with Crippen LogP contribution in [0.1, 0.15) is 12.0 Å². The summed E-state index contributed by atoms with van der Waals surface area (Å²) in [6.07, 6.45) is 1.22. The van der Waals surface area contributed by atoms with E-state index in [-0.39, 0.29) is 11.7 Å². The lowest BCUT2D eigenvalue weighted by molar-refractivity contribution is -0.127. The summed E-state index contributed by atoms with van der Waals surface area (Å²) in [5.74, 6) is 0.717. The topological polar surface area (TPSA) is 39.2 Å². The minimum atomic E-state index is -0.188. The summed E-state index contributed by atoms with van der Waals surface area (Å²) in [6, 6.07) is 17.0. The first-order chi connectivity index (χ1) is 13.7. The van der Waals surface area contributed by atoms with Crippen LogP contribution in [0.5, 0.6) is 0 Å². The van der Waals surface area contributed by atoms with E-state index in [2.05, 4.69) is 14.8 Å². The third-order valence-corrected chi connectivity index (χ3v) is 5.35. The van der Waals surface area contributed by atoms with Crippen molar-refractivity contribution in [2.75, 3.05) is 44.2 Å². The number of benzene rings is 2. The smallest absolute Gasteiger partial charge is 0.229 e. The minimum absolute atomic E-state index is 0.122. The molecule has 0 aliphatic carbocycles. The van der Waals surface area contributed by atoms with Gasteiger partial charge in [0.05, 0.1) is 12.2 Å². The van der Waals surface area contributed by atoms with Gasteiger partial charge in [0.15, 0.2) is 0 Å². The number of rotatable bonds is 4. The van der Waals surface area contributed by atoms with E-state index >= 15 is 0 Å². The summed E-state index contributed by atoms with van der Waals surface area (Å²) >= 11 is 0. The van der Waals surface area contributed by atoms with Crippen LogP contribution in [0.15, 0.2) is 59.6 Å².